The number of furan rings is 1. The van der Waals surface area contributed by atoms with Crippen LogP contribution < -0.4 is 26.6 Å². The van der Waals surface area contributed by atoms with Crippen molar-refractivity contribution in [2.24, 2.45) is 0 Å². The Kier molecular flexibility index (Phi) is 6.96. The first kappa shape index (κ1) is 21.9. The molecule has 2 heterocycles. The molecule has 0 radical (unpaired) electrons. The molecule has 0 fully saturated rings. The molecule has 31 heavy (non-hydrogen) atoms. The third-order valence-electron chi connectivity index (χ3n) is 4.77. The van der Waals surface area contributed by atoms with Crippen LogP contribution in [0.3, 0.4) is 0 Å². The second-order valence-electron chi connectivity index (χ2n) is 7.16. The SMILES string of the molecule is CCCCn1c(N)c(N(Cc2ccco2)C(=O)COc2cccc(C)c2)c(=O)[nH]c1=O. The van der Waals surface area contributed by atoms with E-state index in [9.17, 15) is 14.4 Å². The lowest BCUT2D eigenvalue weighted by molar-refractivity contribution is -0.120. The lowest BCUT2D eigenvalue weighted by atomic mass is 10.2. The predicted octanol–water partition coefficient (Wildman–Crippen LogP) is 2.43. The summed E-state index contributed by atoms with van der Waals surface area (Å²) in [5.74, 6) is 0.406. The molecule has 1 aromatic carbocycles. The van der Waals surface area contributed by atoms with Crippen molar-refractivity contribution in [3.63, 3.8) is 0 Å². The summed E-state index contributed by atoms with van der Waals surface area (Å²) in [5, 5.41) is 0. The molecule has 3 aromatic rings. The number of unbranched alkanes of at least 4 members (excludes halogenated alkanes) is 1. The number of carbonyl (C=O) groups excluding carboxylic acids is 1. The lowest BCUT2D eigenvalue weighted by Crippen LogP contribution is -2.42. The monoisotopic (exact) mass is 426 g/mol. The summed E-state index contributed by atoms with van der Waals surface area (Å²) in [6, 6.07) is 10.6. The standard InChI is InChI=1S/C22H26N4O5/c1-3-4-10-25-20(23)19(21(28)24-22(25)29)26(13-17-9-6-11-30-17)18(27)14-31-16-8-5-7-15(2)12-16/h5-9,11-12H,3-4,10,13-14,23H2,1-2H3,(H,24,28,29). The Hall–Kier alpha value is -3.75. The third kappa shape index (κ3) is 5.25. The summed E-state index contributed by atoms with van der Waals surface area (Å²) in [6.07, 6.45) is 2.99. The van der Waals surface area contributed by atoms with Crippen molar-refractivity contribution in [1.82, 2.24) is 9.55 Å². The van der Waals surface area contributed by atoms with Gasteiger partial charge < -0.3 is 14.9 Å². The molecule has 9 heteroatoms. The Morgan fingerprint density at radius 2 is 2.06 bits per heavy atom. The Labute approximate surface area is 179 Å². The van der Waals surface area contributed by atoms with E-state index in [1.165, 1.54) is 15.7 Å². The fraction of sp³-hybridized carbons (Fsp3) is 0.318. The van der Waals surface area contributed by atoms with Gasteiger partial charge in [-0.05, 0) is 43.2 Å². The number of nitrogens with one attached hydrogen (secondary N) is 1. The van der Waals surface area contributed by atoms with Crippen molar-refractivity contribution in [1.29, 1.82) is 0 Å². The van der Waals surface area contributed by atoms with Gasteiger partial charge >= 0.3 is 5.69 Å². The number of aryl methyl sites for hydroxylation is 1. The Balaban J connectivity index is 1.96. The molecule has 164 valence electrons. The highest BCUT2D eigenvalue weighted by Gasteiger charge is 2.25. The summed E-state index contributed by atoms with van der Waals surface area (Å²) in [4.78, 5) is 41.5. The number of aromatic amines is 1. The van der Waals surface area contributed by atoms with Crippen LogP contribution in [-0.2, 0) is 17.9 Å². The summed E-state index contributed by atoms with van der Waals surface area (Å²) in [5.41, 5.74) is 5.72. The average molecular weight is 426 g/mol. The minimum Gasteiger partial charge on any atom is -0.484 e. The molecule has 0 saturated heterocycles. The van der Waals surface area contributed by atoms with Gasteiger partial charge in [-0.15, -0.1) is 0 Å². The van der Waals surface area contributed by atoms with Gasteiger partial charge in [-0.1, -0.05) is 25.5 Å². The van der Waals surface area contributed by atoms with E-state index in [1.807, 2.05) is 26.0 Å². The number of aromatic nitrogens is 2. The number of hydrogen-bond donors (Lipinski definition) is 2. The number of H-pyrrole nitrogens is 1. The molecule has 3 N–H and O–H groups in total. The molecule has 0 spiro atoms. The highest BCUT2D eigenvalue weighted by atomic mass is 16.5. The Morgan fingerprint density at radius 1 is 1.26 bits per heavy atom. The highest BCUT2D eigenvalue weighted by molar-refractivity contribution is 5.96. The first-order valence-electron chi connectivity index (χ1n) is 10.1. The van der Waals surface area contributed by atoms with Gasteiger partial charge in [-0.2, -0.15) is 0 Å². The van der Waals surface area contributed by atoms with Crippen LogP contribution in [0.5, 0.6) is 5.75 Å². The maximum absolute atomic E-state index is 13.1. The summed E-state index contributed by atoms with van der Waals surface area (Å²) in [7, 11) is 0. The zero-order chi connectivity index (χ0) is 22.4. The van der Waals surface area contributed by atoms with Gasteiger partial charge in [0.05, 0.1) is 12.8 Å². The molecule has 0 saturated carbocycles. The molecule has 0 aliphatic rings. The molecule has 0 atom stereocenters. The van der Waals surface area contributed by atoms with Crippen LogP contribution in [0, 0.1) is 6.92 Å². The quantitative estimate of drug-likeness (QED) is 0.542. The van der Waals surface area contributed by atoms with Crippen LogP contribution in [0.4, 0.5) is 11.5 Å². The van der Waals surface area contributed by atoms with Gasteiger partial charge in [-0.3, -0.25) is 24.0 Å². The molecule has 0 aliphatic carbocycles. The van der Waals surface area contributed by atoms with E-state index in [-0.39, 0.29) is 24.7 Å². The number of carbonyl (C=O) groups is 1. The van der Waals surface area contributed by atoms with E-state index >= 15 is 0 Å². The van der Waals surface area contributed by atoms with E-state index in [0.29, 0.717) is 24.5 Å². The van der Waals surface area contributed by atoms with Crippen LogP contribution in [0.15, 0.2) is 56.7 Å². The number of nitrogens with two attached hydrogens (primary N) is 1. The van der Waals surface area contributed by atoms with E-state index in [0.717, 1.165) is 12.0 Å². The first-order chi connectivity index (χ1) is 14.9. The molecule has 0 unspecified atom stereocenters. The maximum atomic E-state index is 13.1. The molecular formula is C22H26N4O5. The fourth-order valence-corrected chi connectivity index (χ4v) is 3.15. The van der Waals surface area contributed by atoms with Crippen molar-refractivity contribution < 1.29 is 13.9 Å². The van der Waals surface area contributed by atoms with Crippen LogP contribution in [0.25, 0.3) is 0 Å². The van der Waals surface area contributed by atoms with E-state index < -0.39 is 17.2 Å². The minimum absolute atomic E-state index is 0.0394. The number of anilines is 2. The second kappa shape index (κ2) is 9.84. The number of ether oxygens (including phenoxy) is 1. The van der Waals surface area contributed by atoms with Crippen molar-refractivity contribution in [3.05, 3.63) is 74.8 Å². The van der Waals surface area contributed by atoms with E-state index in [4.69, 9.17) is 14.9 Å². The van der Waals surface area contributed by atoms with Gasteiger partial charge in [0.2, 0.25) is 0 Å². The number of rotatable bonds is 9. The highest BCUT2D eigenvalue weighted by Crippen LogP contribution is 2.21. The smallest absolute Gasteiger partial charge is 0.330 e. The van der Waals surface area contributed by atoms with Gasteiger partial charge in [0.25, 0.3) is 11.5 Å². The number of amides is 1. The minimum atomic E-state index is -0.745. The number of nitrogen functional groups attached to an aromatic ring is 1. The Morgan fingerprint density at radius 3 is 2.74 bits per heavy atom. The molecule has 3 rings (SSSR count). The fourth-order valence-electron chi connectivity index (χ4n) is 3.15. The van der Waals surface area contributed by atoms with E-state index in [1.54, 1.807) is 24.3 Å². The van der Waals surface area contributed by atoms with Crippen molar-refractivity contribution >= 4 is 17.4 Å². The maximum Gasteiger partial charge on any atom is 0.330 e. The molecule has 0 aliphatic heterocycles. The zero-order valence-electron chi connectivity index (χ0n) is 17.6. The Bertz CT molecular complexity index is 1150. The third-order valence-corrected chi connectivity index (χ3v) is 4.77. The second-order valence-corrected chi connectivity index (χ2v) is 7.16. The van der Waals surface area contributed by atoms with Crippen molar-refractivity contribution in [3.8, 4) is 5.75 Å². The topological polar surface area (TPSA) is 124 Å². The predicted molar refractivity (Wildman–Crippen MR) is 117 cm³/mol. The molecule has 0 bridgehead atoms. The summed E-state index contributed by atoms with van der Waals surface area (Å²) >= 11 is 0. The van der Waals surface area contributed by atoms with Gasteiger partial charge in [0.1, 0.15) is 17.3 Å². The van der Waals surface area contributed by atoms with Crippen LogP contribution in [0.2, 0.25) is 0 Å². The van der Waals surface area contributed by atoms with Gasteiger partial charge in [0.15, 0.2) is 12.3 Å². The molecular weight excluding hydrogens is 400 g/mol. The van der Waals surface area contributed by atoms with Crippen LogP contribution >= 0.6 is 0 Å². The number of nitrogens with zero attached hydrogens (tertiary/aromatic N) is 2. The van der Waals surface area contributed by atoms with Crippen molar-refractivity contribution in [2.75, 3.05) is 17.2 Å². The van der Waals surface area contributed by atoms with Crippen LogP contribution in [-0.4, -0.2) is 22.1 Å². The molecule has 2 aromatic heterocycles. The lowest BCUT2D eigenvalue weighted by Gasteiger charge is -2.24. The summed E-state index contributed by atoms with van der Waals surface area (Å²) in [6.45, 7) is 3.85. The average Bonchev–Trinajstić information content (AvgIpc) is 3.24. The van der Waals surface area contributed by atoms with Crippen molar-refractivity contribution in [2.45, 2.75) is 39.8 Å². The number of hydrogen-bond acceptors (Lipinski definition) is 6. The first-order valence-corrected chi connectivity index (χ1v) is 10.1. The van der Waals surface area contributed by atoms with Gasteiger partial charge in [0, 0.05) is 6.54 Å². The van der Waals surface area contributed by atoms with Gasteiger partial charge in [-0.25, -0.2) is 4.79 Å². The molecule has 9 nitrogen and oxygen atoms in total. The van der Waals surface area contributed by atoms with E-state index in [2.05, 4.69) is 4.98 Å². The summed E-state index contributed by atoms with van der Waals surface area (Å²) < 4.78 is 12.2. The van der Waals surface area contributed by atoms with Crippen LogP contribution in [0.1, 0.15) is 31.1 Å². The normalized spacial score (nSPS) is 10.8. The number of benzene rings is 1. The largest absolute Gasteiger partial charge is 0.484 e. The zero-order valence-corrected chi connectivity index (χ0v) is 17.6. The molecule has 1 amide bonds.